The van der Waals surface area contributed by atoms with Gasteiger partial charge in [-0.15, -0.1) is 0 Å². The molecule has 2 N–H and O–H groups in total. The molecule has 0 heterocycles. The van der Waals surface area contributed by atoms with Crippen molar-refractivity contribution in [3.63, 3.8) is 0 Å². The molecule has 4 nitrogen and oxygen atoms in total. The number of aliphatic hydroxyl groups excluding tert-OH is 1. The molecular formula is C13H18BrNO3. The Morgan fingerprint density at radius 1 is 1.56 bits per heavy atom. The van der Waals surface area contributed by atoms with E-state index in [9.17, 15) is 4.79 Å². The first-order valence-corrected chi connectivity index (χ1v) is 6.63. The van der Waals surface area contributed by atoms with E-state index in [0.29, 0.717) is 17.7 Å². The monoisotopic (exact) mass is 315 g/mol. The molecule has 0 bridgehead atoms. The molecule has 0 radical (unpaired) electrons. The molecular weight excluding hydrogens is 298 g/mol. The highest BCUT2D eigenvalue weighted by Gasteiger charge is 2.13. The second kappa shape index (κ2) is 7.38. The zero-order valence-electron chi connectivity index (χ0n) is 10.6. The normalized spacial score (nSPS) is 12.0. The number of rotatable bonds is 6. The molecule has 0 aliphatic carbocycles. The molecule has 1 aromatic rings. The standard InChI is InChI=1S/C13H18BrNO3/c1-9(4-3-7-16)15-13(17)11-8-10(18-2)5-6-12(11)14/h5-6,8-9,16H,3-4,7H2,1-2H3,(H,15,17). The fraction of sp³-hybridized carbons (Fsp3) is 0.462. The lowest BCUT2D eigenvalue weighted by Gasteiger charge is -2.14. The third-order valence-corrected chi connectivity index (χ3v) is 3.28. The number of aliphatic hydroxyl groups is 1. The van der Waals surface area contributed by atoms with Crippen molar-refractivity contribution in [2.75, 3.05) is 13.7 Å². The summed E-state index contributed by atoms with van der Waals surface area (Å²) in [6.45, 7) is 2.06. The number of hydrogen-bond acceptors (Lipinski definition) is 3. The summed E-state index contributed by atoms with van der Waals surface area (Å²) in [5, 5.41) is 11.6. The predicted molar refractivity (Wildman–Crippen MR) is 73.9 cm³/mol. The van der Waals surface area contributed by atoms with Crippen molar-refractivity contribution in [1.82, 2.24) is 5.32 Å². The first-order valence-electron chi connectivity index (χ1n) is 5.83. The van der Waals surface area contributed by atoms with Gasteiger partial charge in [-0.3, -0.25) is 4.79 Å². The highest BCUT2D eigenvalue weighted by molar-refractivity contribution is 9.10. The molecule has 0 aromatic heterocycles. The first-order chi connectivity index (χ1) is 8.58. The Hall–Kier alpha value is -1.07. The maximum absolute atomic E-state index is 12.0. The maximum atomic E-state index is 12.0. The van der Waals surface area contributed by atoms with Crippen LogP contribution in [0.5, 0.6) is 5.75 Å². The molecule has 18 heavy (non-hydrogen) atoms. The molecule has 1 unspecified atom stereocenters. The van der Waals surface area contributed by atoms with Crippen LogP contribution in [0, 0.1) is 0 Å². The molecule has 1 amide bonds. The van der Waals surface area contributed by atoms with Crippen LogP contribution in [-0.4, -0.2) is 30.8 Å². The van der Waals surface area contributed by atoms with Crippen LogP contribution in [0.4, 0.5) is 0 Å². The molecule has 1 rings (SSSR count). The quantitative estimate of drug-likeness (QED) is 0.847. The van der Waals surface area contributed by atoms with E-state index in [2.05, 4.69) is 21.2 Å². The summed E-state index contributed by atoms with van der Waals surface area (Å²) in [7, 11) is 1.56. The van der Waals surface area contributed by atoms with Gasteiger partial charge in [0.2, 0.25) is 0 Å². The molecule has 0 aliphatic rings. The summed E-state index contributed by atoms with van der Waals surface area (Å²) in [4.78, 5) is 12.0. The Morgan fingerprint density at radius 3 is 2.89 bits per heavy atom. The van der Waals surface area contributed by atoms with E-state index in [1.807, 2.05) is 6.92 Å². The van der Waals surface area contributed by atoms with Crippen LogP contribution in [0.1, 0.15) is 30.1 Å². The molecule has 0 fully saturated rings. The minimum atomic E-state index is -0.147. The van der Waals surface area contributed by atoms with Crippen LogP contribution in [0.15, 0.2) is 22.7 Å². The number of ether oxygens (including phenoxy) is 1. The highest BCUT2D eigenvalue weighted by atomic mass is 79.9. The van der Waals surface area contributed by atoms with Gasteiger partial charge in [-0.05, 0) is 53.9 Å². The number of amides is 1. The Labute approximate surface area is 115 Å². The second-order valence-corrected chi connectivity index (χ2v) is 4.94. The van der Waals surface area contributed by atoms with Crippen molar-refractivity contribution in [2.24, 2.45) is 0 Å². The van der Waals surface area contributed by atoms with Gasteiger partial charge in [0.1, 0.15) is 5.75 Å². The lowest BCUT2D eigenvalue weighted by molar-refractivity contribution is 0.0935. The smallest absolute Gasteiger partial charge is 0.252 e. The fourth-order valence-corrected chi connectivity index (χ4v) is 2.00. The third-order valence-electron chi connectivity index (χ3n) is 2.59. The number of halogens is 1. The Morgan fingerprint density at radius 2 is 2.28 bits per heavy atom. The number of carbonyl (C=O) groups excluding carboxylic acids is 1. The maximum Gasteiger partial charge on any atom is 0.252 e. The van der Waals surface area contributed by atoms with Gasteiger partial charge in [0, 0.05) is 17.1 Å². The van der Waals surface area contributed by atoms with Crippen LogP contribution < -0.4 is 10.1 Å². The predicted octanol–water partition coefficient (Wildman–Crippen LogP) is 2.35. The number of benzene rings is 1. The zero-order chi connectivity index (χ0) is 13.5. The van der Waals surface area contributed by atoms with Crippen molar-refractivity contribution < 1.29 is 14.6 Å². The van der Waals surface area contributed by atoms with Crippen LogP contribution in [0.3, 0.4) is 0 Å². The minimum absolute atomic E-state index is 0.0303. The zero-order valence-corrected chi connectivity index (χ0v) is 12.2. The topological polar surface area (TPSA) is 58.6 Å². The van der Waals surface area contributed by atoms with Crippen molar-refractivity contribution in [3.05, 3.63) is 28.2 Å². The first kappa shape index (κ1) is 15.0. The van der Waals surface area contributed by atoms with E-state index in [1.165, 1.54) is 0 Å². The highest BCUT2D eigenvalue weighted by Crippen LogP contribution is 2.22. The van der Waals surface area contributed by atoms with Gasteiger partial charge in [0.25, 0.3) is 5.91 Å². The van der Waals surface area contributed by atoms with E-state index < -0.39 is 0 Å². The number of carbonyl (C=O) groups is 1. The van der Waals surface area contributed by atoms with Gasteiger partial charge in [-0.2, -0.15) is 0 Å². The van der Waals surface area contributed by atoms with E-state index in [-0.39, 0.29) is 18.6 Å². The SMILES string of the molecule is COc1ccc(Br)c(C(=O)NC(C)CCCO)c1. The summed E-state index contributed by atoms with van der Waals surface area (Å²) in [6, 6.07) is 5.29. The number of nitrogens with one attached hydrogen (secondary N) is 1. The van der Waals surface area contributed by atoms with Crippen LogP contribution in [0.2, 0.25) is 0 Å². The lowest BCUT2D eigenvalue weighted by Crippen LogP contribution is -2.32. The molecule has 5 heteroatoms. The van der Waals surface area contributed by atoms with Crippen LogP contribution in [-0.2, 0) is 0 Å². The summed E-state index contributed by atoms with van der Waals surface area (Å²) in [5.74, 6) is 0.498. The molecule has 100 valence electrons. The molecule has 1 aromatic carbocycles. The second-order valence-electron chi connectivity index (χ2n) is 4.09. The van der Waals surface area contributed by atoms with Crippen molar-refractivity contribution in [3.8, 4) is 5.75 Å². The van der Waals surface area contributed by atoms with Gasteiger partial charge in [-0.25, -0.2) is 0 Å². The Balaban J connectivity index is 2.71. The van der Waals surface area contributed by atoms with Gasteiger partial charge in [0.15, 0.2) is 0 Å². The van der Waals surface area contributed by atoms with Crippen molar-refractivity contribution >= 4 is 21.8 Å². The molecule has 0 spiro atoms. The van der Waals surface area contributed by atoms with Crippen molar-refractivity contribution in [2.45, 2.75) is 25.8 Å². The summed E-state index contributed by atoms with van der Waals surface area (Å²) in [6.07, 6.45) is 1.44. The lowest BCUT2D eigenvalue weighted by atomic mass is 10.1. The Kier molecular flexibility index (Phi) is 6.15. The van der Waals surface area contributed by atoms with E-state index in [4.69, 9.17) is 9.84 Å². The molecule has 1 atom stereocenters. The summed E-state index contributed by atoms with van der Waals surface area (Å²) < 4.78 is 5.83. The molecule has 0 saturated carbocycles. The minimum Gasteiger partial charge on any atom is -0.497 e. The largest absolute Gasteiger partial charge is 0.497 e. The summed E-state index contributed by atoms with van der Waals surface area (Å²) >= 11 is 3.35. The van der Waals surface area contributed by atoms with Crippen LogP contribution in [0.25, 0.3) is 0 Å². The van der Waals surface area contributed by atoms with E-state index in [0.717, 1.165) is 10.9 Å². The summed E-state index contributed by atoms with van der Waals surface area (Å²) in [5.41, 5.74) is 0.546. The molecule has 0 saturated heterocycles. The van der Waals surface area contributed by atoms with Gasteiger partial charge in [0.05, 0.1) is 12.7 Å². The average molecular weight is 316 g/mol. The van der Waals surface area contributed by atoms with E-state index >= 15 is 0 Å². The third kappa shape index (κ3) is 4.31. The van der Waals surface area contributed by atoms with Gasteiger partial charge < -0.3 is 15.2 Å². The molecule has 0 aliphatic heterocycles. The number of hydrogen-bond donors (Lipinski definition) is 2. The average Bonchev–Trinajstić information content (AvgIpc) is 2.36. The number of methoxy groups -OCH3 is 1. The Bertz CT molecular complexity index is 409. The van der Waals surface area contributed by atoms with Gasteiger partial charge in [-0.1, -0.05) is 0 Å². The van der Waals surface area contributed by atoms with Crippen molar-refractivity contribution in [1.29, 1.82) is 0 Å². The van der Waals surface area contributed by atoms with Gasteiger partial charge >= 0.3 is 0 Å². The van der Waals surface area contributed by atoms with Crippen LogP contribution >= 0.6 is 15.9 Å². The fourth-order valence-electron chi connectivity index (χ4n) is 1.58. The van der Waals surface area contributed by atoms with E-state index in [1.54, 1.807) is 25.3 Å².